The molecule has 1 aliphatic heterocycles. The van der Waals surface area contributed by atoms with E-state index in [0.717, 1.165) is 11.3 Å². The quantitative estimate of drug-likeness (QED) is 0.739. The number of carbonyl (C=O) groups excluding carboxylic acids is 1. The Morgan fingerprint density at radius 1 is 1.15 bits per heavy atom. The van der Waals surface area contributed by atoms with Crippen LogP contribution < -0.4 is 10.6 Å². The van der Waals surface area contributed by atoms with E-state index in [-0.39, 0.29) is 5.91 Å². The molecule has 3 aromatic rings. The van der Waals surface area contributed by atoms with Crippen LogP contribution in [0.4, 0.5) is 11.6 Å². The first kappa shape index (κ1) is 16.4. The number of carbonyl (C=O) groups is 1. The van der Waals surface area contributed by atoms with Gasteiger partial charge in [-0.25, -0.2) is 4.68 Å². The van der Waals surface area contributed by atoms with Crippen LogP contribution in [0, 0.1) is 0 Å². The molecule has 7 heteroatoms. The molecule has 0 fully saturated rings. The number of hydrogen-bond acceptors (Lipinski definition) is 4. The highest BCUT2D eigenvalue weighted by molar-refractivity contribution is 6.31. The van der Waals surface area contributed by atoms with Gasteiger partial charge in [-0.05, 0) is 25.1 Å². The van der Waals surface area contributed by atoms with Crippen LogP contribution in [-0.2, 0) is 4.79 Å². The summed E-state index contributed by atoms with van der Waals surface area (Å²) in [6.07, 6.45) is 1.46. The summed E-state index contributed by atoms with van der Waals surface area (Å²) >= 11 is 6.43. The van der Waals surface area contributed by atoms with Crippen molar-refractivity contribution in [3.63, 3.8) is 0 Å². The minimum absolute atomic E-state index is 0.215. The number of nitrogens with one attached hydrogen (secondary N) is 2. The van der Waals surface area contributed by atoms with E-state index in [0.29, 0.717) is 22.2 Å². The van der Waals surface area contributed by atoms with Gasteiger partial charge in [0.1, 0.15) is 12.4 Å². The second-order valence-electron chi connectivity index (χ2n) is 5.94. The number of nitrogens with zero attached hydrogens (tertiary/aromatic N) is 3. The van der Waals surface area contributed by atoms with Crippen LogP contribution in [0.1, 0.15) is 18.5 Å². The van der Waals surface area contributed by atoms with E-state index in [9.17, 15) is 4.79 Å². The normalized spacial score (nSPS) is 16.0. The van der Waals surface area contributed by atoms with Crippen molar-refractivity contribution in [3.8, 4) is 0 Å². The number of amides is 1. The van der Waals surface area contributed by atoms with Crippen molar-refractivity contribution in [3.05, 3.63) is 82.8 Å². The SMILES string of the molecule is CC1=C(C(=O)Nc2ccccc2)C(c2ccccc2Cl)n2ncnc2N1. The van der Waals surface area contributed by atoms with Crippen molar-refractivity contribution in [2.45, 2.75) is 13.0 Å². The summed E-state index contributed by atoms with van der Waals surface area (Å²) in [5.41, 5.74) is 2.77. The molecule has 2 N–H and O–H groups in total. The molecule has 0 saturated carbocycles. The van der Waals surface area contributed by atoms with Crippen molar-refractivity contribution in [2.75, 3.05) is 10.6 Å². The van der Waals surface area contributed by atoms with E-state index in [1.165, 1.54) is 6.33 Å². The van der Waals surface area contributed by atoms with Gasteiger partial charge in [-0.15, -0.1) is 0 Å². The number of halogens is 1. The van der Waals surface area contributed by atoms with Crippen LogP contribution in [0.5, 0.6) is 0 Å². The molecule has 6 nitrogen and oxygen atoms in total. The first-order valence-corrected chi connectivity index (χ1v) is 8.51. The summed E-state index contributed by atoms with van der Waals surface area (Å²) in [5, 5.41) is 11.0. The Morgan fingerprint density at radius 3 is 2.65 bits per heavy atom. The predicted octanol–water partition coefficient (Wildman–Crippen LogP) is 3.86. The van der Waals surface area contributed by atoms with Gasteiger partial charge in [-0.3, -0.25) is 4.79 Å². The number of hydrogen-bond donors (Lipinski definition) is 2. The molecule has 1 aliphatic rings. The molecule has 0 radical (unpaired) electrons. The van der Waals surface area contributed by atoms with Crippen LogP contribution in [0.3, 0.4) is 0 Å². The highest BCUT2D eigenvalue weighted by atomic mass is 35.5. The van der Waals surface area contributed by atoms with E-state index >= 15 is 0 Å². The fraction of sp³-hybridized carbons (Fsp3) is 0.105. The molecule has 130 valence electrons. The fourth-order valence-electron chi connectivity index (χ4n) is 3.09. The Balaban J connectivity index is 1.80. The molecule has 0 spiro atoms. The standard InChI is InChI=1S/C19H16ClN5O/c1-12-16(18(26)24-13-7-3-2-4-8-13)17(14-9-5-6-10-15(14)20)25-19(23-12)21-11-22-25/h2-11,17H,1H3,(H,24,26)(H,21,22,23). The van der Waals surface area contributed by atoms with Crippen molar-refractivity contribution in [1.29, 1.82) is 0 Å². The van der Waals surface area contributed by atoms with Gasteiger partial charge in [0, 0.05) is 22.0 Å². The maximum atomic E-state index is 13.1. The first-order chi connectivity index (χ1) is 12.6. The van der Waals surface area contributed by atoms with Crippen molar-refractivity contribution in [2.24, 2.45) is 0 Å². The summed E-state index contributed by atoms with van der Waals surface area (Å²) in [6.45, 7) is 1.85. The lowest BCUT2D eigenvalue weighted by atomic mass is 9.95. The number of fused-ring (bicyclic) bond motifs is 1. The number of benzene rings is 2. The molecule has 26 heavy (non-hydrogen) atoms. The predicted molar refractivity (Wildman–Crippen MR) is 101 cm³/mol. The largest absolute Gasteiger partial charge is 0.328 e. The number of para-hydroxylation sites is 1. The topological polar surface area (TPSA) is 71.8 Å². The van der Waals surface area contributed by atoms with E-state index in [2.05, 4.69) is 20.7 Å². The van der Waals surface area contributed by atoms with Gasteiger partial charge >= 0.3 is 0 Å². The van der Waals surface area contributed by atoms with Crippen molar-refractivity contribution in [1.82, 2.24) is 14.8 Å². The first-order valence-electron chi connectivity index (χ1n) is 8.13. The summed E-state index contributed by atoms with van der Waals surface area (Å²) in [5.74, 6) is 0.357. The molecule has 1 amide bonds. The Labute approximate surface area is 155 Å². The number of aromatic nitrogens is 3. The molecule has 0 bridgehead atoms. The van der Waals surface area contributed by atoms with Gasteiger partial charge in [0.2, 0.25) is 5.95 Å². The fourth-order valence-corrected chi connectivity index (χ4v) is 3.33. The van der Waals surface area contributed by atoms with Gasteiger partial charge in [0.15, 0.2) is 0 Å². The molecule has 4 rings (SSSR count). The third kappa shape index (κ3) is 2.84. The third-order valence-corrected chi connectivity index (χ3v) is 4.61. The molecule has 1 atom stereocenters. The zero-order valence-corrected chi connectivity index (χ0v) is 14.7. The monoisotopic (exact) mass is 365 g/mol. The lowest BCUT2D eigenvalue weighted by Crippen LogP contribution is -2.31. The van der Waals surface area contributed by atoms with Gasteiger partial charge in [0.05, 0.1) is 5.57 Å². The average molecular weight is 366 g/mol. The summed E-state index contributed by atoms with van der Waals surface area (Å²) in [7, 11) is 0. The third-order valence-electron chi connectivity index (χ3n) is 4.27. The van der Waals surface area contributed by atoms with Crippen LogP contribution in [0.15, 0.2) is 72.2 Å². The summed E-state index contributed by atoms with van der Waals surface area (Å²) < 4.78 is 1.67. The molecule has 2 aromatic carbocycles. The summed E-state index contributed by atoms with van der Waals surface area (Å²) in [4.78, 5) is 17.3. The van der Waals surface area contributed by atoms with E-state index in [1.54, 1.807) is 10.7 Å². The van der Waals surface area contributed by atoms with E-state index < -0.39 is 6.04 Å². The molecule has 1 aromatic heterocycles. The van der Waals surface area contributed by atoms with Gasteiger partial charge < -0.3 is 10.6 Å². The van der Waals surface area contributed by atoms with Gasteiger partial charge in [-0.1, -0.05) is 48.0 Å². The van der Waals surface area contributed by atoms with E-state index in [1.807, 2.05) is 55.5 Å². The second kappa shape index (κ2) is 6.65. The number of anilines is 2. The molecule has 0 saturated heterocycles. The average Bonchev–Trinajstić information content (AvgIpc) is 3.10. The van der Waals surface area contributed by atoms with E-state index in [4.69, 9.17) is 11.6 Å². The maximum absolute atomic E-state index is 13.1. The van der Waals surface area contributed by atoms with Crippen LogP contribution in [-0.4, -0.2) is 20.7 Å². The van der Waals surface area contributed by atoms with Crippen LogP contribution in [0.25, 0.3) is 0 Å². The minimum atomic E-state index is -0.467. The van der Waals surface area contributed by atoms with Gasteiger partial charge in [0.25, 0.3) is 5.91 Å². The Morgan fingerprint density at radius 2 is 1.88 bits per heavy atom. The van der Waals surface area contributed by atoms with Gasteiger partial charge in [-0.2, -0.15) is 10.1 Å². The van der Waals surface area contributed by atoms with Crippen molar-refractivity contribution >= 4 is 29.1 Å². The zero-order chi connectivity index (χ0) is 18.1. The van der Waals surface area contributed by atoms with Crippen molar-refractivity contribution < 1.29 is 4.79 Å². The molecule has 0 aliphatic carbocycles. The lowest BCUT2D eigenvalue weighted by molar-refractivity contribution is -0.113. The highest BCUT2D eigenvalue weighted by Gasteiger charge is 2.34. The number of rotatable bonds is 3. The van der Waals surface area contributed by atoms with Crippen LogP contribution in [0.2, 0.25) is 5.02 Å². The molecular weight excluding hydrogens is 350 g/mol. The lowest BCUT2D eigenvalue weighted by Gasteiger charge is -2.29. The Kier molecular flexibility index (Phi) is 4.18. The molecule has 2 heterocycles. The maximum Gasteiger partial charge on any atom is 0.255 e. The minimum Gasteiger partial charge on any atom is -0.328 e. The number of allylic oxidation sites excluding steroid dienone is 1. The Bertz CT molecular complexity index is 996. The van der Waals surface area contributed by atoms with Crippen LogP contribution >= 0.6 is 11.6 Å². The summed E-state index contributed by atoms with van der Waals surface area (Å²) in [6, 6.07) is 16.3. The highest BCUT2D eigenvalue weighted by Crippen LogP contribution is 2.37. The molecule has 1 unspecified atom stereocenters. The molecular formula is C19H16ClN5O. The second-order valence-corrected chi connectivity index (χ2v) is 6.34. The zero-order valence-electron chi connectivity index (χ0n) is 14.0. The smallest absolute Gasteiger partial charge is 0.255 e. The Hall–Kier alpha value is -3.12.